The topological polar surface area (TPSA) is 25.8 Å². The van der Waals surface area contributed by atoms with Crippen LogP contribution in [-0.4, -0.2) is 9.97 Å². The maximum Gasteiger partial charge on any atom is 0.126 e. The van der Waals surface area contributed by atoms with Crippen molar-refractivity contribution in [1.29, 1.82) is 0 Å². The Labute approximate surface area is 87.7 Å². The number of thiophene rings is 1. The Morgan fingerprint density at radius 3 is 2.86 bits per heavy atom. The first kappa shape index (κ1) is 9.34. The predicted octanol–water partition coefficient (Wildman–Crippen LogP) is 3.08. The van der Waals surface area contributed by atoms with E-state index in [4.69, 9.17) is 0 Å². The van der Waals surface area contributed by atoms with Gasteiger partial charge in [-0.2, -0.15) is 0 Å². The van der Waals surface area contributed by atoms with Crippen LogP contribution >= 0.6 is 11.3 Å². The van der Waals surface area contributed by atoms with Crippen LogP contribution in [0.25, 0.3) is 10.6 Å². The zero-order valence-electron chi connectivity index (χ0n) is 8.32. The summed E-state index contributed by atoms with van der Waals surface area (Å²) in [6, 6.07) is 6.20. The zero-order chi connectivity index (χ0) is 9.97. The third kappa shape index (κ3) is 1.82. The summed E-state index contributed by atoms with van der Waals surface area (Å²) in [6.45, 7) is 4.05. The first-order valence-electron chi connectivity index (χ1n) is 4.68. The summed E-state index contributed by atoms with van der Waals surface area (Å²) in [6.07, 6.45) is 0.960. The monoisotopic (exact) mass is 204 g/mol. The second-order valence-electron chi connectivity index (χ2n) is 3.12. The first-order chi connectivity index (χ1) is 6.79. The zero-order valence-corrected chi connectivity index (χ0v) is 9.14. The van der Waals surface area contributed by atoms with Gasteiger partial charge in [0.15, 0.2) is 0 Å². The van der Waals surface area contributed by atoms with Gasteiger partial charge in [0.1, 0.15) is 5.82 Å². The minimum Gasteiger partial charge on any atom is -0.238 e. The Balaban J connectivity index is 2.48. The molecule has 0 radical (unpaired) electrons. The first-order valence-corrected chi connectivity index (χ1v) is 5.56. The third-order valence-corrected chi connectivity index (χ3v) is 2.92. The van der Waals surface area contributed by atoms with Crippen molar-refractivity contribution in [3.63, 3.8) is 0 Å². The average Bonchev–Trinajstić information content (AvgIpc) is 2.69. The Bertz CT molecular complexity index is 421. The van der Waals surface area contributed by atoms with Gasteiger partial charge in [-0.05, 0) is 30.9 Å². The van der Waals surface area contributed by atoms with Gasteiger partial charge < -0.3 is 0 Å². The fourth-order valence-electron chi connectivity index (χ4n) is 1.36. The van der Waals surface area contributed by atoms with Gasteiger partial charge in [-0.25, -0.2) is 9.97 Å². The van der Waals surface area contributed by atoms with Gasteiger partial charge in [-0.1, -0.05) is 13.0 Å². The van der Waals surface area contributed by atoms with Crippen molar-refractivity contribution < 1.29 is 0 Å². The van der Waals surface area contributed by atoms with E-state index in [9.17, 15) is 0 Å². The lowest BCUT2D eigenvalue weighted by Crippen LogP contribution is -1.95. The SMILES string of the molecule is CCc1cc(-c2cccs2)nc(C)n1. The molecule has 0 aliphatic rings. The van der Waals surface area contributed by atoms with Crippen molar-refractivity contribution >= 4 is 11.3 Å². The Morgan fingerprint density at radius 1 is 1.36 bits per heavy atom. The molecule has 2 aromatic heterocycles. The molecule has 2 aromatic rings. The molecule has 0 aromatic carbocycles. The molecular formula is C11H12N2S. The van der Waals surface area contributed by atoms with Crippen LogP contribution < -0.4 is 0 Å². The van der Waals surface area contributed by atoms with E-state index < -0.39 is 0 Å². The second-order valence-corrected chi connectivity index (χ2v) is 4.07. The summed E-state index contributed by atoms with van der Waals surface area (Å²) >= 11 is 1.71. The highest BCUT2D eigenvalue weighted by atomic mass is 32.1. The smallest absolute Gasteiger partial charge is 0.126 e. The van der Waals surface area contributed by atoms with Gasteiger partial charge in [-0.15, -0.1) is 11.3 Å². The molecule has 0 aliphatic heterocycles. The molecule has 0 N–H and O–H groups in total. The maximum absolute atomic E-state index is 4.42. The van der Waals surface area contributed by atoms with Gasteiger partial charge in [0.05, 0.1) is 10.6 Å². The Kier molecular flexibility index (Phi) is 2.59. The maximum atomic E-state index is 4.42. The van der Waals surface area contributed by atoms with Gasteiger partial charge >= 0.3 is 0 Å². The van der Waals surface area contributed by atoms with Gasteiger partial charge in [0.2, 0.25) is 0 Å². The number of aryl methyl sites for hydroxylation is 2. The minimum absolute atomic E-state index is 0.854. The van der Waals surface area contributed by atoms with Crippen molar-refractivity contribution in [1.82, 2.24) is 9.97 Å². The van der Waals surface area contributed by atoms with Crippen LogP contribution in [0.15, 0.2) is 23.6 Å². The number of hydrogen-bond donors (Lipinski definition) is 0. The molecule has 0 saturated heterocycles. The van der Waals surface area contributed by atoms with Crippen molar-refractivity contribution in [3.05, 3.63) is 35.1 Å². The lowest BCUT2D eigenvalue weighted by atomic mass is 10.2. The third-order valence-electron chi connectivity index (χ3n) is 2.03. The standard InChI is InChI=1S/C11H12N2S/c1-3-9-7-10(13-8(2)12-9)11-5-4-6-14-11/h4-7H,3H2,1-2H3. The van der Waals surface area contributed by atoms with Gasteiger partial charge in [0, 0.05) is 5.69 Å². The largest absolute Gasteiger partial charge is 0.238 e. The summed E-state index contributed by atoms with van der Waals surface area (Å²) in [5, 5.41) is 2.07. The van der Waals surface area contributed by atoms with Crippen molar-refractivity contribution in [2.45, 2.75) is 20.3 Å². The van der Waals surface area contributed by atoms with E-state index in [0.717, 1.165) is 23.6 Å². The van der Waals surface area contributed by atoms with E-state index in [2.05, 4.69) is 34.4 Å². The molecule has 0 aliphatic carbocycles. The number of nitrogens with zero attached hydrogens (tertiary/aromatic N) is 2. The average molecular weight is 204 g/mol. The second kappa shape index (κ2) is 3.88. The summed E-state index contributed by atoms with van der Waals surface area (Å²) in [5.41, 5.74) is 2.16. The molecular weight excluding hydrogens is 192 g/mol. The number of hydrogen-bond acceptors (Lipinski definition) is 3. The van der Waals surface area contributed by atoms with E-state index in [0.29, 0.717) is 0 Å². The van der Waals surface area contributed by atoms with Gasteiger partial charge in [-0.3, -0.25) is 0 Å². The Morgan fingerprint density at radius 2 is 2.21 bits per heavy atom. The molecule has 0 atom stereocenters. The van der Waals surface area contributed by atoms with E-state index >= 15 is 0 Å². The molecule has 72 valence electrons. The number of aromatic nitrogens is 2. The van der Waals surface area contributed by atoms with Crippen LogP contribution in [0.4, 0.5) is 0 Å². The molecule has 2 heterocycles. The molecule has 0 fully saturated rings. The molecule has 0 amide bonds. The highest BCUT2D eigenvalue weighted by Crippen LogP contribution is 2.23. The van der Waals surface area contributed by atoms with Crippen molar-refractivity contribution in [2.75, 3.05) is 0 Å². The summed E-state index contributed by atoms with van der Waals surface area (Å²) in [5.74, 6) is 0.854. The fraction of sp³-hybridized carbons (Fsp3) is 0.273. The molecule has 0 spiro atoms. The summed E-state index contributed by atoms with van der Waals surface area (Å²) < 4.78 is 0. The lowest BCUT2D eigenvalue weighted by Gasteiger charge is -2.01. The quantitative estimate of drug-likeness (QED) is 0.751. The minimum atomic E-state index is 0.854. The lowest BCUT2D eigenvalue weighted by molar-refractivity contribution is 0.954. The molecule has 2 nitrogen and oxygen atoms in total. The van der Waals surface area contributed by atoms with E-state index in [-0.39, 0.29) is 0 Å². The molecule has 0 unspecified atom stereocenters. The van der Waals surface area contributed by atoms with Crippen LogP contribution in [-0.2, 0) is 6.42 Å². The van der Waals surface area contributed by atoms with E-state index in [1.165, 1.54) is 4.88 Å². The highest BCUT2D eigenvalue weighted by molar-refractivity contribution is 7.13. The molecule has 3 heteroatoms. The normalized spacial score (nSPS) is 10.4. The highest BCUT2D eigenvalue weighted by Gasteiger charge is 2.03. The summed E-state index contributed by atoms with van der Waals surface area (Å²) in [7, 11) is 0. The van der Waals surface area contributed by atoms with Gasteiger partial charge in [0.25, 0.3) is 0 Å². The molecule has 0 bridgehead atoms. The molecule has 14 heavy (non-hydrogen) atoms. The Hall–Kier alpha value is -1.22. The van der Waals surface area contributed by atoms with Crippen LogP contribution in [0.5, 0.6) is 0 Å². The summed E-state index contributed by atoms with van der Waals surface area (Å²) in [4.78, 5) is 9.99. The molecule has 2 rings (SSSR count). The van der Waals surface area contributed by atoms with Crippen LogP contribution in [0, 0.1) is 6.92 Å². The van der Waals surface area contributed by atoms with Crippen molar-refractivity contribution in [2.24, 2.45) is 0 Å². The van der Waals surface area contributed by atoms with E-state index in [1.54, 1.807) is 11.3 Å². The number of rotatable bonds is 2. The predicted molar refractivity (Wildman–Crippen MR) is 59.5 cm³/mol. The van der Waals surface area contributed by atoms with Crippen LogP contribution in [0.1, 0.15) is 18.4 Å². The molecule has 0 saturated carbocycles. The van der Waals surface area contributed by atoms with Crippen LogP contribution in [0.2, 0.25) is 0 Å². The van der Waals surface area contributed by atoms with Crippen LogP contribution in [0.3, 0.4) is 0 Å². The fourth-order valence-corrected chi connectivity index (χ4v) is 2.05. The van der Waals surface area contributed by atoms with Crippen molar-refractivity contribution in [3.8, 4) is 10.6 Å². The van der Waals surface area contributed by atoms with E-state index in [1.807, 2.05) is 13.0 Å².